The summed E-state index contributed by atoms with van der Waals surface area (Å²) in [6, 6.07) is 8.18. The molecule has 4 rings (SSSR count). The second kappa shape index (κ2) is 7.87. The molecule has 2 N–H and O–H groups in total. The number of benzene rings is 1. The molecule has 2 unspecified atom stereocenters. The van der Waals surface area contributed by atoms with E-state index in [-0.39, 0.29) is 26.2 Å². The average Bonchev–Trinajstić information content (AvgIpc) is 3.34. The smallest absolute Gasteiger partial charge is 0.243 e. The maximum atomic E-state index is 13.8. The third-order valence-corrected chi connectivity index (χ3v) is 5.70. The molecule has 0 bridgehead atoms. The Kier molecular flexibility index (Phi) is 5.28. The molecular weight excluding hydrogens is 383 g/mol. The fourth-order valence-corrected chi connectivity index (χ4v) is 4.16. The van der Waals surface area contributed by atoms with Gasteiger partial charge in [0.1, 0.15) is 12.2 Å². The highest BCUT2D eigenvalue weighted by atomic mass is 19.3. The van der Waals surface area contributed by atoms with Gasteiger partial charge in [-0.3, -0.25) is 9.78 Å². The third-order valence-electron chi connectivity index (χ3n) is 5.70. The summed E-state index contributed by atoms with van der Waals surface area (Å²) in [6.07, 6.45) is -2.34. The Morgan fingerprint density at radius 1 is 1.31 bits per heavy atom. The molecule has 0 saturated carbocycles. The lowest BCUT2D eigenvalue weighted by molar-refractivity contribution is -0.128. The van der Waals surface area contributed by atoms with Crippen molar-refractivity contribution in [1.29, 1.82) is 5.26 Å². The van der Waals surface area contributed by atoms with Crippen LogP contribution >= 0.6 is 0 Å². The highest BCUT2D eigenvalue weighted by Crippen LogP contribution is 2.36. The number of pyridine rings is 1. The first-order valence-electron chi connectivity index (χ1n) is 9.45. The number of nitrogens with zero attached hydrogens (tertiary/aromatic N) is 3. The number of alkyl halides is 3. The van der Waals surface area contributed by atoms with Crippen LogP contribution in [0.25, 0.3) is 10.9 Å². The van der Waals surface area contributed by atoms with Gasteiger partial charge in [0.2, 0.25) is 12.3 Å². The fourth-order valence-electron chi connectivity index (χ4n) is 4.16. The zero-order valence-electron chi connectivity index (χ0n) is 15.5. The first-order valence-corrected chi connectivity index (χ1v) is 9.45. The largest absolute Gasteiger partial charge is 0.370 e. The van der Waals surface area contributed by atoms with E-state index in [0.29, 0.717) is 22.2 Å². The maximum absolute atomic E-state index is 13.8. The number of hydrogen-bond acceptors (Lipinski definition) is 5. The Bertz CT molecular complexity index is 963. The molecule has 9 heteroatoms. The Morgan fingerprint density at radius 2 is 2.14 bits per heavy atom. The monoisotopic (exact) mass is 403 g/mol. The number of amides is 1. The first-order chi connectivity index (χ1) is 14.0. The molecule has 2 fully saturated rings. The topological polar surface area (TPSA) is 81.0 Å². The first kappa shape index (κ1) is 19.5. The predicted octanol–water partition coefficient (Wildman–Crippen LogP) is 1.85. The number of aromatic nitrogens is 1. The summed E-state index contributed by atoms with van der Waals surface area (Å²) in [4.78, 5) is 18.7. The number of rotatable bonds is 4. The molecule has 6 nitrogen and oxygen atoms in total. The van der Waals surface area contributed by atoms with Crippen molar-refractivity contribution in [1.82, 2.24) is 15.6 Å². The summed E-state index contributed by atoms with van der Waals surface area (Å²) in [6.45, 7) is 0.514. The minimum Gasteiger partial charge on any atom is -0.370 e. The molecular formula is C20H20F3N5O. The summed E-state index contributed by atoms with van der Waals surface area (Å²) in [5.41, 5.74) is 1.54. The minimum atomic E-state index is -2.68. The van der Waals surface area contributed by atoms with E-state index in [9.17, 15) is 23.2 Å². The van der Waals surface area contributed by atoms with Gasteiger partial charge < -0.3 is 15.5 Å². The normalized spacial score (nSPS) is 26.8. The Morgan fingerprint density at radius 3 is 2.83 bits per heavy atom. The van der Waals surface area contributed by atoms with Gasteiger partial charge in [0.15, 0.2) is 0 Å². The minimum absolute atomic E-state index is 0.00633. The standard InChI is InChI=1S/C20H20F3N5O/c21-15-7-25-8-16(15)27-20(29)14-10-28(9-13(14)19(22)23)17-4-3-11(6-24)18-12(17)2-1-5-26-18/h1-5,13-16,19,25H,7-10H2,(H,27,29)/t13?,14?,15-,16+/m1/s1. The molecule has 152 valence electrons. The molecule has 2 aromatic rings. The fraction of sp³-hybridized carbons (Fsp3) is 0.450. The van der Waals surface area contributed by atoms with Crippen molar-refractivity contribution in [3.8, 4) is 6.07 Å². The van der Waals surface area contributed by atoms with Crippen LogP contribution in [0.2, 0.25) is 0 Å². The quantitative estimate of drug-likeness (QED) is 0.815. The van der Waals surface area contributed by atoms with E-state index in [4.69, 9.17) is 0 Å². The summed E-state index contributed by atoms with van der Waals surface area (Å²) in [5, 5.41) is 15.4. The van der Waals surface area contributed by atoms with Gasteiger partial charge in [-0.15, -0.1) is 0 Å². The SMILES string of the molecule is N#Cc1ccc(N2CC(C(=O)N[C@H]3CNC[C@H]3F)C(C(F)F)C2)c2cccnc12. The van der Waals surface area contributed by atoms with Crippen LogP contribution in [0.3, 0.4) is 0 Å². The van der Waals surface area contributed by atoms with Gasteiger partial charge in [0.05, 0.1) is 29.0 Å². The lowest BCUT2D eigenvalue weighted by Gasteiger charge is -2.21. The van der Waals surface area contributed by atoms with Crippen LogP contribution < -0.4 is 15.5 Å². The van der Waals surface area contributed by atoms with E-state index in [1.54, 1.807) is 35.4 Å². The lowest BCUT2D eigenvalue weighted by atomic mass is 9.95. The molecule has 2 aliphatic rings. The third kappa shape index (κ3) is 3.60. The molecule has 29 heavy (non-hydrogen) atoms. The van der Waals surface area contributed by atoms with Crippen molar-refractivity contribution in [3.05, 3.63) is 36.0 Å². The molecule has 3 heterocycles. The van der Waals surface area contributed by atoms with Crippen LogP contribution in [-0.4, -0.2) is 55.7 Å². The number of nitriles is 1. The average molecular weight is 403 g/mol. The number of carbonyl (C=O) groups excluding carboxylic acids is 1. The van der Waals surface area contributed by atoms with E-state index in [0.717, 1.165) is 0 Å². The molecule has 0 spiro atoms. The van der Waals surface area contributed by atoms with Crippen LogP contribution in [0.4, 0.5) is 18.9 Å². The Hall–Kier alpha value is -2.86. The van der Waals surface area contributed by atoms with Gasteiger partial charge >= 0.3 is 0 Å². The molecule has 4 atom stereocenters. The maximum Gasteiger partial charge on any atom is 0.243 e. The van der Waals surface area contributed by atoms with Crippen molar-refractivity contribution in [3.63, 3.8) is 0 Å². The molecule has 1 amide bonds. The van der Waals surface area contributed by atoms with Crippen molar-refractivity contribution < 1.29 is 18.0 Å². The Balaban J connectivity index is 1.61. The van der Waals surface area contributed by atoms with E-state index < -0.39 is 36.4 Å². The van der Waals surface area contributed by atoms with Gasteiger partial charge in [-0.2, -0.15) is 5.26 Å². The number of nitrogens with one attached hydrogen (secondary N) is 2. The molecule has 2 aliphatic heterocycles. The van der Waals surface area contributed by atoms with Crippen LogP contribution in [0.1, 0.15) is 5.56 Å². The van der Waals surface area contributed by atoms with E-state index in [1.807, 2.05) is 0 Å². The zero-order valence-corrected chi connectivity index (χ0v) is 15.5. The van der Waals surface area contributed by atoms with Crippen molar-refractivity contribution in [2.45, 2.75) is 18.6 Å². The number of fused-ring (bicyclic) bond motifs is 1. The lowest BCUT2D eigenvalue weighted by Crippen LogP contribution is -2.46. The summed E-state index contributed by atoms with van der Waals surface area (Å²) < 4.78 is 41.2. The summed E-state index contributed by atoms with van der Waals surface area (Å²) in [5.74, 6) is -2.67. The highest BCUT2D eigenvalue weighted by molar-refractivity contribution is 5.95. The van der Waals surface area contributed by atoms with Gasteiger partial charge in [-0.25, -0.2) is 13.2 Å². The molecule has 1 aromatic carbocycles. The second-order valence-corrected chi connectivity index (χ2v) is 7.44. The van der Waals surface area contributed by atoms with Crippen LogP contribution in [0, 0.1) is 23.2 Å². The van der Waals surface area contributed by atoms with E-state index >= 15 is 0 Å². The van der Waals surface area contributed by atoms with E-state index in [1.165, 1.54) is 0 Å². The van der Waals surface area contributed by atoms with Gasteiger partial charge in [0, 0.05) is 43.4 Å². The molecule has 1 aromatic heterocycles. The van der Waals surface area contributed by atoms with Crippen LogP contribution in [-0.2, 0) is 4.79 Å². The molecule has 0 radical (unpaired) electrons. The van der Waals surface area contributed by atoms with Crippen molar-refractivity contribution in [2.75, 3.05) is 31.1 Å². The van der Waals surface area contributed by atoms with Crippen molar-refractivity contribution in [2.24, 2.45) is 11.8 Å². The zero-order chi connectivity index (χ0) is 20.5. The van der Waals surface area contributed by atoms with Gasteiger partial charge in [-0.05, 0) is 24.3 Å². The number of carbonyl (C=O) groups is 1. The summed E-state index contributed by atoms with van der Waals surface area (Å²) >= 11 is 0. The van der Waals surface area contributed by atoms with E-state index in [2.05, 4.69) is 21.7 Å². The number of halogens is 3. The van der Waals surface area contributed by atoms with Gasteiger partial charge in [0.25, 0.3) is 0 Å². The second-order valence-electron chi connectivity index (χ2n) is 7.44. The van der Waals surface area contributed by atoms with Gasteiger partial charge in [-0.1, -0.05) is 0 Å². The van der Waals surface area contributed by atoms with Crippen molar-refractivity contribution >= 4 is 22.5 Å². The Labute approximate surface area is 165 Å². The predicted molar refractivity (Wildman–Crippen MR) is 101 cm³/mol. The number of anilines is 1. The van der Waals surface area contributed by atoms with Crippen LogP contribution in [0.15, 0.2) is 30.5 Å². The van der Waals surface area contributed by atoms with Crippen LogP contribution in [0.5, 0.6) is 0 Å². The number of hydrogen-bond donors (Lipinski definition) is 2. The highest BCUT2D eigenvalue weighted by Gasteiger charge is 2.44. The molecule has 0 aliphatic carbocycles. The summed E-state index contributed by atoms with van der Waals surface area (Å²) in [7, 11) is 0. The molecule has 2 saturated heterocycles.